The summed E-state index contributed by atoms with van der Waals surface area (Å²) in [6.45, 7) is 3.81. The zero-order valence-electron chi connectivity index (χ0n) is 17.7. The Morgan fingerprint density at radius 3 is 1.97 bits per heavy atom. The number of allylic oxidation sites excluding steroid dienone is 1. The molecule has 0 spiro atoms. The van der Waals surface area contributed by atoms with Gasteiger partial charge in [-0.15, -0.1) is 0 Å². The zero-order chi connectivity index (χ0) is 20.5. The second-order valence-corrected chi connectivity index (χ2v) is 7.28. The fourth-order valence-electron chi connectivity index (χ4n) is 3.86. The highest BCUT2D eigenvalue weighted by molar-refractivity contribution is 5.37. The third-order valence-corrected chi connectivity index (χ3v) is 5.49. The SMILES string of the molecule is CCC(c1ccc(OC)cc1)C(C=CCC1OCCCO1)c1ccc(OC)cc1. The van der Waals surface area contributed by atoms with Crippen molar-refractivity contribution in [3.05, 3.63) is 71.8 Å². The summed E-state index contributed by atoms with van der Waals surface area (Å²) in [6, 6.07) is 16.8. The summed E-state index contributed by atoms with van der Waals surface area (Å²) in [5.41, 5.74) is 2.58. The van der Waals surface area contributed by atoms with Gasteiger partial charge in [-0.25, -0.2) is 0 Å². The summed E-state index contributed by atoms with van der Waals surface area (Å²) in [6.07, 6.45) is 7.16. The zero-order valence-corrected chi connectivity index (χ0v) is 17.7. The third-order valence-electron chi connectivity index (χ3n) is 5.49. The van der Waals surface area contributed by atoms with Gasteiger partial charge in [0.05, 0.1) is 27.4 Å². The van der Waals surface area contributed by atoms with Crippen LogP contribution in [0, 0.1) is 0 Å². The van der Waals surface area contributed by atoms with E-state index in [-0.39, 0.29) is 12.2 Å². The quantitative estimate of drug-likeness (QED) is 0.510. The van der Waals surface area contributed by atoms with E-state index in [0.717, 1.165) is 44.0 Å². The van der Waals surface area contributed by atoms with Crippen LogP contribution in [0.5, 0.6) is 11.5 Å². The van der Waals surface area contributed by atoms with E-state index in [1.54, 1.807) is 14.2 Å². The number of ether oxygens (including phenoxy) is 4. The fraction of sp³-hybridized carbons (Fsp3) is 0.440. The molecule has 1 aliphatic rings. The van der Waals surface area contributed by atoms with Gasteiger partial charge in [0, 0.05) is 12.3 Å². The largest absolute Gasteiger partial charge is 0.497 e. The van der Waals surface area contributed by atoms with Crippen LogP contribution in [-0.4, -0.2) is 33.7 Å². The minimum Gasteiger partial charge on any atom is -0.497 e. The topological polar surface area (TPSA) is 36.9 Å². The van der Waals surface area contributed by atoms with Crippen molar-refractivity contribution in [2.45, 2.75) is 44.3 Å². The highest BCUT2D eigenvalue weighted by Gasteiger charge is 2.22. The van der Waals surface area contributed by atoms with E-state index in [4.69, 9.17) is 18.9 Å². The Balaban J connectivity index is 1.84. The van der Waals surface area contributed by atoms with E-state index < -0.39 is 0 Å². The first-order chi connectivity index (χ1) is 14.2. The maximum absolute atomic E-state index is 5.69. The summed E-state index contributed by atoms with van der Waals surface area (Å²) in [5, 5.41) is 0. The lowest BCUT2D eigenvalue weighted by Gasteiger charge is -2.26. The lowest BCUT2D eigenvalue weighted by atomic mass is 9.79. The average Bonchev–Trinajstić information content (AvgIpc) is 2.79. The molecule has 1 heterocycles. The molecule has 4 nitrogen and oxygen atoms in total. The van der Waals surface area contributed by atoms with Gasteiger partial charge < -0.3 is 18.9 Å². The van der Waals surface area contributed by atoms with Crippen LogP contribution >= 0.6 is 0 Å². The van der Waals surface area contributed by atoms with Gasteiger partial charge in [0.2, 0.25) is 0 Å². The smallest absolute Gasteiger partial charge is 0.160 e. The van der Waals surface area contributed by atoms with Crippen molar-refractivity contribution in [2.24, 2.45) is 0 Å². The number of hydrogen-bond donors (Lipinski definition) is 0. The van der Waals surface area contributed by atoms with Gasteiger partial charge >= 0.3 is 0 Å². The van der Waals surface area contributed by atoms with E-state index in [0.29, 0.717) is 5.92 Å². The maximum atomic E-state index is 5.69. The van der Waals surface area contributed by atoms with Crippen molar-refractivity contribution < 1.29 is 18.9 Å². The predicted molar refractivity (Wildman–Crippen MR) is 116 cm³/mol. The first-order valence-corrected chi connectivity index (χ1v) is 10.4. The Morgan fingerprint density at radius 2 is 1.45 bits per heavy atom. The van der Waals surface area contributed by atoms with Crippen LogP contribution in [0.1, 0.15) is 49.1 Å². The van der Waals surface area contributed by atoms with E-state index in [1.165, 1.54) is 11.1 Å². The van der Waals surface area contributed by atoms with Crippen LogP contribution < -0.4 is 9.47 Å². The van der Waals surface area contributed by atoms with Crippen LogP contribution in [0.15, 0.2) is 60.7 Å². The molecule has 0 amide bonds. The predicted octanol–water partition coefficient (Wildman–Crippen LogP) is 5.69. The Hall–Kier alpha value is -2.30. The standard InChI is InChI=1S/C25H32O4/c1-4-23(19-9-13-21(26-2)14-10-19)24(20-11-15-22(27-3)16-12-20)7-5-8-25-28-17-6-18-29-25/h5,7,9-16,23-25H,4,6,8,17-18H2,1-3H3. The van der Waals surface area contributed by atoms with Crippen LogP contribution in [0.2, 0.25) is 0 Å². The second-order valence-electron chi connectivity index (χ2n) is 7.28. The Labute approximate surface area is 174 Å². The summed E-state index contributed by atoms with van der Waals surface area (Å²) in [7, 11) is 3.40. The molecule has 2 aromatic carbocycles. The van der Waals surface area contributed by atoms with Crippen LogP contribution in [-0.2, 0) is 9.47 Å². The lowest BCUT2D eigenvalue weighted by Crippen LogP contribution is -2.24. The first-order valence-electron chi connectivity index (χ1n) is 10.4. The number of benzene rings is 2. The van der Waals surface area contributed by atoms with Crippen molar-refractivity contribution in [3.63, 3.8) is 0 Å². The molecule has 2 aromatic rings. The normalized spacial score (nSPS) is 17.2. The van der Waals surface area contributed by atoms with Crippen LogP contribution in [0.3, 0.4) is 0 Å². The van der Waals surface area contributed by atoms with Gasteiger partial charge in [-0.05, 0) is 54.2 Å². The lowest BCUT2D eigenvalue weighted by molar-refractivity contribution is -0.175. The van der Waals surface area contributed by atoms with Crippen molar-refractivity contribution >= 4 is 0 Å². The van der Waals surface area contributed by atoms with Crippen molar-refractivity contribution in [3.8, 4) is 11.5 Å². The molecule has 1 fully saturated rings. The summed E-state index contributed by atoms with van der Waals surface area (Å²) in [5.74, 6) is 2.37. The minimum absolute atomic E-state index is 0.127. The molecule has 156 valence electrons. The fourth-order valence-corrected chi connectivity index (χ4v) is 3.86. The Bertz CT molecular complexity index is 745. The summed E-state index contributed by atoms with van der Waals surface area (Å²) in [4.78, 5) is 0. The molecule has 0 N–H and O–H groups in total. The van der Waals surface area contributed by atoms with E-state index in [1.807, 2.05) is 24.3 Å². The van der Waals surface area contributed by atoms with Crippen molar-refractivity contribution in [1.29, 1.82) is 0 Å². The molecule has 2 unspecified atom stereocenters. The van der Waals surface area contributed by atoms with Crippen molar-refractivity contribution in [1.82, 2.24) is 0 Å². The minimum atomic E-state index is -0.127. The molecular formula is C25H32O4. The summed E-state index contributed by atoms with van der Waals surface area (Å²) < 4.78 is 22.0. The molecule has 0 radical (unpaired) electrons. The van der Waals surface area contributed by atoms with Gasteiger partial charge in [-0.2, -0.15) is 0 Å². The molecule has 4 heteroatoms. The highest BCUT2D eigenvalue weighted by Crippen LogP contribution is 2.38. The van der Waals surface area contributed by atoms with Crippen LogP contribution in [0.25, 0.3) is 0 Å². The van der Waals surface area contributed by atoms with Gasteiger partial charge in [-0.3, -0.25) is 0 Å². The van der Waals surface area contributed by atoms with Gasteiger partial charge in [-0.1, -0.05) is 43.3 Å². The van der Waals surface area contributed by atoms with Gasteiger partial charge in [0.1, 0.15) is 11.5 Å². The number of hydrogen-bond acceptors (Lipinski definition) is 4. The number of rotatable bonds is 9. The van der Waals surface area contributed by atoms with E-state index in [2.05, 4.69) is 43.3 Å². The molecular weight excluding hydrogens is 364 g/mol. The molecule has 29 heavy (non-hydrogen) atoms. The molecule has 0 aliphatic carbocycles. The molecule has 2 atom stereocenters. The highest BCUT2D eigenvalue weighted by atomic mass is 16.7. The maximum Gasteiger partial charge on any atom is 0.160 e. The molecule has 1 aliphatic heterocycles. The second kappa shape index (κ2) is 11.0. The van der Waals surface area contributed by atoms with Crippen LogP contribution in [0.4, 0.5) is 0 Å². The van der Waals surface area contributed by atoms with E-state index >= 15 is 0 Å². The third kappa shape index (κ3) is 5.84. The van der Waals surface area contributed by atoms with Gasteiger partial charge in [0.15, 0.2) is 6.29 Å². The van der Waals surface area contributed by atoms with Crippen molar-refractivity contribution in [2.75, 3.05) is 27.4 Å². The Morgan fingerprint density at radius 1 is 0.897 bits per heavy atom. The summed E-state index contributed by atoms with van der Waals surface area (Å²) >= 11 is 0. The molecule has 3 rings (SSSR count). The molecule has 0 saturated carbocycles. The monoisotopic (exact) mass is 396 g/mol. The molecule has 1 saturated heterocycles. The Kier molecular flexibility index (Phi) is 8.14. The first kappa shape index (κ1) is 21.4. The van der Waals surface area contributed by atoms with E-state index in [9.17, 15) is 0 Å². The molecule has 0 aromatic heterocycles. The average molecular weight is 397 g/mol. The van der Waals surface area contributed by atoms with Gasteiger partial charge in [0.25, 0.3) is 0 Å². The molecule has 0 bridgehead atoms. The number of methoxy groups -OCH3 is 2.